The van der Waals surface area contributed by atoms with Gasteiger partial charge in [-0.05, 0) is 30.5 Å². The van der Waals surface area contributed by atoms with E-state index in [1.165, 1.54) is 19.3 Å². The number of hydrogen-bond acceptors (Lipinski definition) is 3. The minimum atomic E-state index is 0.522. The Morgan fingerprint density at radius 3 is 2.88 bits per heavy atom. The molecule has 1 aliphatic rings. The summed E-state index contributed by atoms with van der Waals surface area (Å²) in [5.74, 6) is 1.48. The normalized spacial score (nSPS) is 15.2. The molecule has 0 spiro atoms. The van der Waals surface area contributed by atoms with Crippen molar-refractivity contribution in [3.63, 3.8) is 0 Å². The smallest absolute Gasteiger partial charge is 0.137 e. The molecule has 0 radical (unpaired) electrons. The molecule has 1 aliphatic carbocycles. The maximum absolute atomic E-state index is 8.92. The molecule has 3 nitrogen and oxygen atoms in total. The topological polar surface area (TPSA) is 59.0 Å². The minimum absolute atomic E-state index is 0.522. The lowest BCUT2D eigenvalue weighted by molar-refractivity contribution is 0.221. The van der Waals surface area contributed by atoms with Crippen LogP contribution in [0.2, 0.25) is 0 Å². The van der Waals surface area contributed by atoms with Gasteiger partial charge < -0.3 is 10.5 Å². The van der Waals surface area contributed by atoms with Crippen molar-refractivity contribution < 1.29 is 4.74 Å². The van der Waals surface area contributed by atoms with Crippen molar-refractivity contribution in [2.45, 2.75) is 25.7 Å². The number of benzene rings is 1. The molecule has 3 heteroatoms. The fourth-order valence-electron chi connectivity index (χ4n) is 1.88. The monoisotopic (exact) mass is 216 g/mol. The Kier molecular flexibility index (Phi) is 3.31. The molecule has 0 heterocycles. The molecule has 1 aromatic carbocycles. The maximum Gasteiger partial charge on any atom is 0.137 e. The quantitative estimate of drug-likeness (QED) is 0.787. The van der Waals surface area contributed by atoms with Crippen LogP contribution < -0.4 is 10.5 Å². The second-order valence-electron chi connectivity index (χ2n) is 4.30. The Morgan fingerprint density at radius 2 is 2.25 bits per heavy atom. The number of rotatable bonds is 4. The first-order valence-electron chi connectivity index (χ1n) is 5.72. The minimum Gasteiger partial charge on any atom is -0.492 e. The van der Waals surface area contributed by atoms with E-state index in [0.29, 0.717) is 23.6 Å². The van der Waals surface area contributed by atoms with Crippen LogP contribution in [-0.4, -0.2) is 6.61 Å². The zero-order chi connectivity index (χ0) is 11.4. The molecule has 2 rings (SSSR count). The van der Waals surface area contributed by atoms with E-state index >= 15 is 0 Å². The summed E-state index contributed by atoms with van der Waals surface area (Å²) in [7, 11) is 0. The van der Waals surface area contributed by atoms with Gasteiger partial charge in [0.2, 0.25) is 0 Å². The van der Waals surface area contributed by atoms with Gasteiger partial charge in [0.15, 0.2) is 0 Å². The first kappa shape index (κ1) is 10.8. The Hall–Kier alpha value is -1.69. The van der Waals surface area contributed by atoms with E-state index in [2.05, 4.69) is 6.07 Å². The Balaban J connectivity index is 1.90. The highest BCUT2D eigenvalue weighted by atomic mass is 16.5. The van der Waals surface area contributed by atoms with Crippen LogP contribution in [0.5, 0.6) is 5.75 Å². The summed E-state index contributed by atoms with van der Waals surface area (Å²) in [5.41, 5.74) is 6.73. The third kappa shape index (κ3) is 2.46. The molecule has 1 saturated carbocycles. The number of nitrogens with zero attached hydrogens (tertiary/aromatic N) is 1. The van der Waals surface area contributed by atoms with E-state index in [1.807, 2.05) is 0 Å². The van der Waals surface area contributed by atoms with Crippen molar-refractivity contribution in [3.8, 4) is 11.8 Å². The van der Waals surface area contributed by atoms with Gasteiger partial charge in [-0.3, -0.25) is 0 Å². The van der Waals surface area contributed by atoms with Gasteiger partial charge >= 0.3 is 0 Å². The average Bonchev–Trinajstić information content (AvgIpc) is 2.23. The molecular formula is C13H16N2O. The molecule has 84 valence electrons. The summed E-state index contributed by atoms with van der Waals surface area (Å²) in [6, 6.07) is 7.28. The van der Waals surface area contributed by atoms with Crippen LogP contribution in [0.1, 0.15) is 31.2 Å². The molecule has 1 aromatic rings. The molecule has 0 saturated heterocycles. The first-order chi connectivity index (χ1) is 7.79. The summed E-state index contributed by atoms with van der Waals surface area (Å²) in [5, 5.41) is 8.92. The summed E-state index contributed by atoms with van der Waals surface area (Å²) < 4.78 is 5.61. The van der Waals surface area contributed by atoms with Crippen LogP contribution in [0.25, 0.3) is 0 Å². The van der Waals surface area contributed by atoms with Crippen molar-refractivity contribution >= 4 is 5.69 Å². The van der Waals surface area contributed by atoms with E-state index in [-0.39, 0.29) is 0 Å². The third-order valence-corrected chi connectivity index (χ3v) is 3.13. The number of nitrogen functional groups attached to an aromatic ring is 1. The first-order valence-corrected chi connectivity index (χ1v) is 5.72. The summed E-state index contributed by atoms with van der Waals surface area (Å²) in [6.07, 6.45) is 5.11. The van der Waals surface area contributed by atoms with Gasteiger partial charge in [0.25, 0.3) is 0 Å². The zero-order valence-electron chi connectivity index (χ0n) is 9.28. The molecule has 16 heavy (non-hydrogen) atoms. The zero-order valence-corrected chi connectivity index (χ0v) is 9.28. The number of nitrogens with two attached hydrogens (primary N) is 1. The second-order valence-corrected chi connectivity index (χ2v) is 4.30. The highest BCUT2D eigenvalue weighted by Gasteiger charge is 2.17. The molecule has 0 aromatic heterocycles. The van der Waals surface area contributed by atoms with Gasteiger partial charge in [0.1, 0.15) is 11.8 Å². The van der Waals surface area contributed by atoms with E-state index in [4.69, 9.17) is 15.7 Å². The molecule has 0 amide bonds. The van der Waals surface area contributed by atoms with E-state index in [9.17, 15) is 0 Å². The fourth-order valence-corrected chi connectivity index (χ4v) is 1.88. The SMILES string of the molecule is N#Cc1cc(N)ccc1OCCC1CCC1. The van der Waals surface area contributed by atoms with Gasteiger partial charge in [-0.2, -0.15) is 5.26 Å². The molecule has 1 fully saturated rings. The van der Waals surface area contributed by atoms with Crippen LogP contribution in [0, 0.1) is 17.2 Å². The molecular weight excluding hydrogens is 200 g/mol. The van der Waals surface area contributed by atoms with Crippen molar-refractivity contribution in [2.24, 2.45) is 5.92 Å². The van der Waals surface area contributed by atoms with E-state index < -0.39 is 0 Å². The number of ether oxygens (including phenoxy) is 1. The van der Waals surface area contributed by atoms with Gasteiger partial charge in [-0.25, -0.2) is 0 Å². The van der Waals surface area contributed by atoms with Crippen molar-refractivity contribution in [3.05, 3.63) is 23.8 Å². The Labute approximate surface area is 95.8 Å². The molecule has 2 N–H and O–H groups in total. The number of nitriles is 1. The van der Waals surface area contributed by atoms with Gasteiger partial charge in [-0.1, -0.05) is 19.3 Å². The lowest BCUT2D eigenvalue weighted by Gasteiger charge is -2.25. The van der Waals surface area contributed by atoms with E-state index in [0.717, 1.165) is 12.3 Å². The summed E-state index contributed by atoms with van der Waals surface area (Å²) >= 11 is 0. The standard InChI is InChI=1S/C13H16N2O/c14-9-11-8-12(15)4-5-13(11)16-7-6-10-2-1-3-10/h4-5,8,10H,1-3,6-7,15H2. The van der Waals surface area contributed by atoms with Crippen molar-refractivity contribution in [1.82, 2.24) is 0 Å². The van der Waals surface area contributed by atoms with Crippen LogP contribution in [0.4, 0.5) is 5.69 Å². The molecule has 0 bridgehead atoms. The van der Waals surface area contributed by atoms with E-state index in [1.54, 1.807) is 18.2 Å². The largest absolute Gasteiger partial charge is 0.492 e. The molecule has 0 atom stereocenters. The Morgan fingerprint density at radius 1 is 1.44 bits per heavy atom. The number of hydrogen-bond donors (Lipinski definition) is 1. The fraction of sp³-hybridized carbons (Fsp3) is 0.462. The highest BCUT2D eigenvalue weighted by Crippen LogP contribution is 2.29. The molecule has 0 aliphatic heterocycles. The lowest BCUT2D eigenvalue weighted by atomic mass is 9.83. The highest BCUT2D eigenvalue weighted by molar-refractivity contribution is 5.53. The number of anilines is 1. The van der Waals surface area contributed by atoms with Gasteiger partial charge in [0.05, 0.1) is 12.2 Å². The van der Waals surface area contributed by atoms with Crippen LogP contribution in [0.3, 0.4) is 0 Å². The summed E-state index contributed by atoms with van der Waals surface area (Å²) in [4.78, 5) is 0. The van der Waals surface area contributed by atoms with Crippen molar-refractivity contribution in [1.29, 1.82) is 5.26 Å². The lowest BCUT2D eigenvalue weighted by Crippen LogP contribution is -2.14. The van der Waals surface area contributed by atoms with Crippen LogP contribution in [0.15, 0.2) is 18.2 Å². The predicted molar refractivity (Wildman–Crippen MR) is 63.0 cm³/mol. The average molecular weight is 216 g/mol. The van der Waals surface area contributed by atoms with Gasteiger partial charge in [-0.15, -0.1) is 0 Å². The Bertz CT molecular complexity index is 405. The second kappa shape index (κ2) is 4.89. The van der Waals surface area contributed by atoms with Crippen molar-refractivity contribution in [2.75, 3.05) is 12.3 Å². The van der Waals surface area contributed by atoms with Crippen LogP contribution in [-0.2, 0) is 0 Å². The molecule has 0 unspecified atom stereocenters. The third-order valence-electron chi connectivity index (χ3n) is 3.13. The summed E-state index contributed by atoms with van der Waals surface area (Å²) in [6.45, 7) is 0.698. The predicted octanol–water partition coefficient (Wildman–Crippen LogP) is 2.71. The van der Waals surface area contributed by atoms with Crippen LogP contribution >= 0.6 is 0 Å². The van der Waals surface area contributed by atoms with Gasteiger partial charge in [0, 0.05) is 5.69 Å². The maximum atomic E-state index is 8.92.